The topological polar surface area (TPSA) is 28.0 Å². The van der Waals surface area contributed by atoms with Crippen LogP contribution < -0.4 is 0 Å². The molecule has 0 aromatic rings. The lowest BCUT2D eigenvalue weighted by atomic mass is 10.5. The molecule has 0 saturated carbocycles. The van der Waals surface area contributed by atoms with Gasteiger partial charge in [0.2, 0.25) is 0 Å². The van der Waals surface area contributed by atoms with Crippen LogP contribution in [0.25, 0.3) is 0 Å². The first kappa shape index (κ1) is 8.40. The lowest BCUT2D eigenvalue weighted by molar-refractivity contribution is 0.327. The molecule has 0 fully saturated rings. The highest BCUT2D eigenvalue weighted by Crippen LogP contribution is 1.87. The van der Waals surface area contributed by atoms with Crippen molar-refractivity contribution in [2.45, 2.75) is 20.3 Å². The van der Waals surface area contributed by atoms with Gasteiger partial charge in [-0.05, 0) is 13.3 Å². The summed E-state index contributed by atoms with van der Waals surface area (Å²) in [7, 11) is 1.93. The molecule has 0 saturated heterocycles. The zero-order chi connectivity index (χ0) is 7.11. The summed E-state index contributed by atoms with van der Waals surface area (Å²) in [5, 5.41) is 9.58. The smallest absolute Gasteiger partial charge is 0.0592 e. The summed E-state index contributed by atoms with van der Waals surface area (Å²) >= 11 is 0. The number of hydrogen-bond acceptors (Lipinski definition) is 2. The molecule has 0 heterocycles. The first-order valence-corrected chi connectivity index (χ1v) is 3.39. The Hall–Kier alpha value is -0.600. The van der Waals surface area contributed by atoms with Crippen LogP contribution in [0.5, 0.6) is 0 Å². The highest BCUT2D eigenvalue weighted by atomic mass is 15.5. The van der Waals surface area contributed by atoms with Gasteiger partial charge in [-0.3, -0.25) is 5.01 Å². The minimum absolute atomic E-state index is 0.772. The van der Waals surface area contributed by atoms with Crippen molar-refractivity contribution < 1.29 is 0 Å². The van der Waals surface area contributed by atoms with Crippen LogP contribution in [0.2, 0.25) is 0 Å². The fourth-order valence-electron chi connectivity index (χ4n) is 0.540. The molecule has 3 nitrogen and oxygen atoms in total. The second-order valence-corrected chi connectivity index (χ2v) is 1.93. The van der Waals surface area contributed by atoms with E-state index in [1.54, 1.807) is 0 Å². The Morgan fingerprint density at radius 1 is 1.33 bits per heavy atom. The summed E-state index contributed by atoms with van der Waals surface area (Å²) < 4.78 is 0. The molecule has 0 amide bonds. The zero-order valence-corrected chi connectivity index (χ0v) is 6.46. The fourth-order valence-corrected chi connectivity index (χ4v) is 0.540. The van der Waals surface area contributed by atoms with Crippen LogP contribution in [0.15, 0.2) is 10.3 Å². The van der Waals surface area contributed by atoms with Crippen molar-refractivity contribution in [1.29, 1.82) is 0 Å². The van der Waals surface area contributed by atoms with E-state index in [-0.39, 0.29) is 0 Å². The van der Waals surface area contributed by atoms with Crippen molar-refractivity contribution in [2.24, 2.45) is 10.3 Å². The average Bonchev–Trinajstić information content (AvgIpc) is 1.85. The Morgan fingerprint density at radius 2 is 2.00 bits per heavy atom. The number of nitrogens with zero attached hydrogens (tertiary/aromatic N) is 3. The van der Waals surface area contributed by atoms with Gasteiger partial charge >= 0.3 is 0 Å². The van der Waals surface area contributed by atoms with Crippen LogP contribution in [0.4, 0.5) is 0 Å². The van der Waals surface area contributed by atoms with Crippen LogP contribution in [0, 0.1) is 0 Å². The Balaban J connectivity index is 3.25. The second-order valence-electron chi connectivity index (χ2n) is 1.93. The predicted molar refractivity (Wildman–Crippen MR) is 38.3 cm³/mol. The van der Waals surface area contributed by atoms with Gasteiger partial charge < -0.3 is 0 Å². The van der Waals surface area contributed by atoms with Gasteiger partial charge in [-0.2, -0.15) is 5.11 Å². The van der Waals surface area contributed by atoms with Crippen molar-refractivity contribution in [2.75, 3.05) is 20.1 Å². The van der Waals surface area contributed by atoms with Crippen LogP contribution in [-0.2, 0) is 0 Å². The van der Waals surface area contributed by atoms with Gasteiger partial charge in [0.25, 0.3) is 0 Å². The molecule has 0 aromatic heterocycles. The minimum Gasteiger partial charge on any atom is -0.282 e. The maximum Gasteiger partial charge on any atom is 0.0592 e. The molecular weight excluding hydrogens is 114 g/mol. The fraction of sp³-hybridized carbons (Fsp3) is 1.00. The lowest BCUT2D eigenvalue weighted by Crippen LogP contribution is -2.10. The SMILES string of the molecule is CCCN(C)N=NCC. The third kappa shape index (κ3) is 5.27. The highest BCUT2D eigenvalue weighted by molar-refractivity contribution is 4.36. The summed E-state index contributed by atoms with van der Waals surface area (Å²) in [6.45, 7) is 5.86. The van der Waals surface area contributed by atoms with Crippen molar-refractivity contribution in [3.63, 3.8) is 0 Å². The normalized spacial score (nSPS) is 10.6. The van der Waals surface area contributed by atoms with Crippen molar-refractivity contribution in [3.05, 3.63) is 0 Å². The quantitative estimate of drug-likeness (QED) is 0.419. The van der Waals surface area contributed by atoms with Gasteiger partial charge in [-0.1, -0.05) is 12.1 Å². The predicted octanol–water partition coefficient (Wildman–Crippen LogP) is 1.72. The molecule has 0 N–H and O–H groups in total. The molecule has 0 atom stereocenters. The minimum atomic E-state index is 0.772. The second kappa shape index (κ2) is 5.54. The molecule has 0 radical (unpaired) electrons. The summed E-state index contributed by atoms with van der Waals surface area (Å²) in [6.07, 6.45) is 1.12. The molecule has 0 spiro atoms. The van der Waals surface area contributed by atoms with E-state index in [0.29, 0.717) is 0 Å². The molecule has 0 rings (SSSR count). The Morgan fingerprint density at radius 3 is 2.44 bits per heavy atom. The third-order valence-electron chi connectivity index (χ3n) is 0.905. The highest BCUT2D eigenvalue weighted by Gasteiger charge is 1.85. The van der Waals surface area contributed by atoms with E-state index in [2.05, 4.69) is 17.3 Å². The Bertz CT molecular complexity index is 80.4. The number of hydrogen-bond donors (Lipinski definition) is 0. The van der Waals surface area contributed by atoms with E-state index in [4.69, 9.17) is 0 Å². The average molecular weight is 129 g/mol. The molecule has 0 bridgehead atoms. The molecule has 3 heteroatoms. The van der Waals surface area contributed by atoms with Gasteiger partial charge in [-0.25, -0.2) is 0 Å². The molecule has 0 aromatic carbocycles. The van der Waals surface area contributed by atoms with Crippen molar-refractivity contribution in [1.82, 2.24) is 5.01 Å². The summed E-state index contributed by atoms with van der Waals surface area (Å²) in [4.78, 5) is 0. The Kier molecular flexibility index (Phi) is 5.17. The zero-order valence-electron chi connectivity index (χ0n) is 6.46. The van der Waals surface area contributed by atoms with E-state index in [9.17, 15) is 0 Å². The standard InChI is InChI=1S/C6H15N3/c1-4-6-9(3)8-7-5-2/h4-6H2,1-3H3. The van der Waals surface area contributed by atoms with Crippen LogP contribution in [0.1, 0.15) is 20.3 Å². The first-order chi connectivity index (χ1) is 4.31. The Labute approximate surface area is 56.7 Å². The van der Waals surface area contributed by atoms with E-state index in [1.165, 1.54) is 0 Å². The largest absolute Gasteiger partial charge is 0.282 e. The van der Waals surface area contributed by atoms with Gasteiger partial charge in [0.1, 0.15) is 0 Å². The summed E-state index contributed by atoms with van der Waals surface area (Å²) in [6, 6.07) is 0. The van der Waals surface area contributed by atoms with Gasteiger partial charge in [0.05, 0.1) is 6.54 Å². The molecule has 0 aliphatic rings. The van der Waals surface area contributed by atoms with Gasteiger partial charge in [0, 0.05) is 13.6 Å². The lowest BCUT2D eigenvalue weighted by Gasteiger charge is -2.07. The van der Waals surface area contributed by atoms with Crippen molar-refractivity contribution >= 4 is 0 Å². The van der Waals surface area contributed by atoms with Crippen LogP contribution in [0.3, 0.4) is 0 Å². The molecular formula is C6H15N3. The molecule has 9 heavy (non-hydrogen) atoms. The summed E-state index contributed by atoms with van der Waals surface area (Å²) in [5.41, 5.74) is 0. The molecule has 0 aliphatic heterocycles. The van der Waals surface area contributed by atoms with Gasteiger partial charge in [0.15, 0.2) is 0 Å². The molecule has 54 valence electrons. The van der Waals surface area contributed by atoms with E-state index in [0.717, 1.165) is 19.5 Å². The van der Waals surface area contributed by atoms with E-state index < -0.39 is 0 Å². The summed E-state index contributed by atoms with van der Waals surface area (Å²) in [5.74, 6) is 0. The van der Waals surface area contributed by atoms with Gasteiger partial charge in [-0.15, -0.1) is 0 Å². The first-order valence-electron chi connectivity index (χ1n) is 3.39. The maximum atomic E-state index is 3.89. The molecule has 0 aliphatic carbocycles. The van der Waals surface area contributed by atoms with E-state index in [1.807, 2.05) is 19.0 Å². The van der Waals surface area contributed by atoms with E-state index >= 15 is 0 Å². The monoisotopic (exact) mass is 129 g/mol. The van der Waals surface area contributed by atoms with Crippen LogP contribution in [-0.4, -0.2) is 25.1 Å². The third-order valence-corrected chi connectivity index (χ3v) is 0.905. The molecule has 0 unspecified atom stereocenters. The van der Waals surface area contributed by atoms with Crippen LogP contribution >= 0.6 is 0 Å². The number of rotatable bonds is 4. The maximum absolute atomic E-state index is 3.89. The van der Waals surface area contributed by atoms with Crippen molar-refractivity contribution in [3.8, 4) is 0 Å².